The van der Waals surface area contributed by atoms with Crippen molar-refractivity contribution in [3.8, 4) is 0 Å². The van der Waals surface area contributed by atoms with E-state index in [2.05, 4.69) is 0 Å². The Balaban J connectivity index is 3.09. The molecule has 0 heterocycles. The summed E-state index contributed by atoms with van der Waals surface area (Å²) in [4.78, 5) is 0. The van der Waals surface area contributed by atoms with Crippen LogP contribution >= 0.6 is 34.8 Å². The van der Waals surface area contributed by atoms with Crippen LogP contribution in [0.1, 0.15) is 5.56 Å². The number of hydrogen-bond acceptors (Lipinski definition) is 0. The monoisotopic (exact) mass is 238 g/mol. The van der Waals surface area contributed by atoms with Crippen LogP contribution in [0.5, 0.6) is 0 Å². The first-order valence-corrected chi connectivity index (χ1v) is 6.33. The van der Waals surface area contributed by atoms with E-state index in [0.29, 0.717) is 15.1 Å². The Bertz CT molecular complexity index is 286. The molecule has 1 rings (SSSR count). The molecule has 0 saturated heterocycles. The topological polar surface area (TPSA) is 0 Å². The second kappa shape index (κ2) is 4.52. The summed E-state index contributed by atoms with van der Waals surface area (Å²) in [6, 6.07) is 4.73. The van der Waals surface area contributed by atoms with Gasteiger partial charge in [0.25, 0.3) is 0 Å². The van der Waals surface area contributed by atoms with Gasteiger partial charge >= 0.3 is 0 Å². The zero-order valence-electron chi connectivity index (χ0n) is 6.70. The molecule has 12 heavy (non-hydrogen) atoms. The summed E-state index contributed by atoms with van der Waals surface area (Å²) in [5.41, 5.74) is 1.06. The van der Waals surface area contributed by atoms with Crippen LogP contribution in [0.15, 0.2) is 12.1 Å². The van der Waals surface area contributed by atoms with Gasteiger partial charge in [-0.3, -0.25) is 0 Å². The second-order valence-corrected chi connectivity index (χ2v) is 4.83. The fourth-order valence-electron chi connectivity index (χ4n) is 1.06. The first-order chi connectivity index (χ1) is 5.65. The molecular weight excluding hydrogens is 231 g/mol. The molecule has 66 valence electrons. The molecule has 0 aromatic heterocycles. The van der Waals surface area contributed by atoms with Gasteiger partial charge in [0.15, 0.2) is 0 Å². The van der Waals surface area contributed by atoms with Gasteiger partial charge in [0.2, 0.25) is 0 Å². The van der Waals surface area contributed by atoms with Gasteiger partial charge in [-0.1, -0.05) is 40.8 Å². The van der Waals surface area contributed by atoms with Crippen molar-refractivity contribution < 1.29 is 0 Å². The molecule has 0 spiro atoms. The Kier molecular flexibility index (Phi) is 3.91. The fraction of sp³-hybridized carbons (Fsp3) is 0.250. The molecule has 4 heteroatoms. The molecule has 0 atom stereocenters. The summed E-state index contributed by atoms with van der Waals surface area (Å²) in [5, 5.41) is 1.86. The molecule has 0 radical (unpaired) electrons. The van der Waals surface area contributed by atoms with Crippen LogP contribution in [0.3, 0.4) is 0 Å². The van der Waals surface area contributed by atoms with E-state index in [1.165, 1.54) is 16.3 Å². The van der Waals surface area contributed by atoms with Crippen LogP contribution in [0.25, 0.3) is 0 Å². The summed E-state index contributed by atoms with van der Waals surface area (Å²) in [7, 11) is 1.17. The van der Waals surface area contributed by atoms with Gasteiger partial charge in [0.1, 0.15) is 0 Å². The number of aryl methyl sites for hydroxylation is 1. The lowest BCUT2D eigenvalue weighted by atomic mass is 10.2. The van der Waals surface area contributed by atoms with Crippen LogP contribution < -0.4 is 0 Å². The molecule has 0 unspecified atom stereocenters. The molecule has 0 aliphatic rings. The van der Waals surface area contributed by atoms with Crippen molar-refractivity contribution in [3.05, 3.63) is 32.8 Å². The van der Waals surface area contributed by atoms with Gasteiger partial charge in [-0.2, -0.15) is 0 Å². The van der Waals surface area contributed by atoms with Gasteiger partial charge in [-0.05, 0) is 24.1 Å². The van der Waals surface area contributed by atoms with E-state index in [1.54, 1.807) is 6.07 Å². The van der Waals surface area contributed by atoms with Crippen molar-refractivity contribution in [1.29, 1.82) is 0 Å². The number of rotatable bonds is 2. The molecule has 1 aromatic rings. The highest BCUT2D eigenvalue weighted by Gasteiger charge is 2.05. The molecule has 0 aliphatic heterocycles. The maximum Gasteiger partial charge on any atom is 0.0625 e. The molecule has 1 aromatic carbocycles. The molecule has 0 nitrogen and oxygen atoms in total. The van der Waals surface area contributed by atoms with E-state index >= 15 is 0 Å². The Morgan fingerprint density at radius 2 is 1.83 bits per heavy atom. The van der Waals surface area contributed by atoms with Crippen molar-refractivity contribution in [2.24, 2.45) is 0 Å². The molecule has 0 saturated carbocycles. The molecule has 0 amide bonds. The van der Waals surface area contributed by atoms with Crippen LogP contribution in [-0.4, -0.2) is 10.2 Å². The molecule has 0 N–H and O–H groups in total. The maximum absolute atomic E-state index is 5.97. The maximum atomic E-state index is 5.97. The van der Waals surface area contributed by atoms with Crippen LogP contribution in [0, 0.1) is 0 Å². The molecule has 0 fully saturated rings. The lowest BCUT2D eigenvalue weighted by Crippen LogP contribution is -1.86. The first-order valence-electron chi connectivity index (χ1n) is 3.78. The third-order valence-corrected chi connectivity index (χ3v) is 3.15. The predicted molar refractivity (Wildman–Crippen MR) is 59.9 cm³/mol. The predicted octanol–water partition coefficient (Wildman–Crippen LogP) is 2.97. The summed E-state index contributed by atoms with van der Waals surface area (Å²) in [5.74, 6) is 0. The Morgan fingerprint density at radius 1 is 1.17 bits per heavy atom. The number of hydrogen-bond donors (Lipinski definition) is 0. The lowest BCUT2D eigenvalue weighted by Gasteiger charge is -2.04. The zero-order valence-corrected chi connectivity index (χ0v) is 11.0. The van der Waals surface area contributed by atoms with Gasteiger partial charge < -0.3 is 0 Å². The Hall–Kier alpha value is 0.307. The number of benzene rings is 1. The summed E-state index contributed by atoms with van der Waals surface area (Å²) in [6.07, 6.45) is 0.978. The van der Waals surface area contributed by atoms with Crippen LogP contribution in [-0.2, 0) is 6.42 Å². The highest BCUT2D eigenvalue weighted by molar-refractivity contribution is 6.43. The summed E-state index contributed by atoms with van der Waals surface area (Å²) in [6.45, 7) is 0. The SMILES string of the molecule is [SiH3]CCc1cc(Cl)cc(Cl)c1Cl. The van der Waals surface area contributed by atoms with E-state index in [1.807, 2.05) is 6.07 Å². The minimum absolute atomic E-state index is 0.550. The minimum atomic E-state index is 0.550. The Morgan fingerprint density at radius 3 is 2.42 bits per heavy atom. The lowest BCUT2D eigenvalue weighted by molar-refractivity contribution is 1.13. The van der Waals surface area contributed by atoms with Crippen LogP contribution in [0.4, 0.5) is 0 Å². The Labute approximate surface area is 90.2 Å². The quantitative estimate of drug-likeness (QED) is 0.550. The van der Waals surface area contributed by atoms with Crippen LogP contribution in [0.2, 0.25) is 21.1 Å². The molecular formula is C8H9Cl3Si. The molecule has 0 bridgehead atoms. The molecule has 0 aliphatic carbocycles. The van der Waals surface area contributed by atoms with Gasteiger partial charge in [0.05, 0.1) is 10.0 Å². The van der Waals surface area contributed by atoms with Gasteiger partial charge in [-0.15, -0.1) is 0 Å². The average Bonchev–Trinajstić information content (AvgIpc) is 2.00. The highest BCUT2D eigenvalue weighted by atomic mass is 35.5. The van der Waals surface area contributed by atoms with Gasteiger partial charge in [0, 0.05) is 15.3 Å². The van der Waals surface area contributed by atoms with Crippen molar-refractivity contribution in [2.45, 2.75) is 12.5 Å². The second-order valence-electron chi connectivity index (χ2n) is 2.61. The summed E-state index contributed by atoms with van der Waals surface area (Å²) >= 11 is 17.6. The average molecular weight is 240 g/mol. The minimum Gasteiger partial charge on any atom is -0.0843 e. The third-order valence-electron chi connectivity index (χ3n) is 1.59. The largest absolute Gasteiger partial charge is 0.0843 e. The van der Waals surface area contributed by atoms with Crippen molar-refractivity contribution in [1.82, 2.24) is 0 Å². The zero-order chi connectivity index (χ0) is 9.14. The number of halogens is 3. The van der Waals surface area contributed by atoms with Crippen molar-refractivity contribution >= 4 is 45.0 Å². The van der Waals surface area contributed by atoms with E-state index in [4.69, 9.17) is 34.8 Å². The van der Waals surface area contributed by atoms with E-state index in [9.17, 15) is 0 Å². The standard InChI is InChI=1S/C8H9Cl3Si/c9-6-3-5(1-2-12)8(11)7(10)4-6/h3-4H,1-2H2,12H3. The van der Waals surface area contributed by atoms with E-state index < -0.39 is 0 Å². The van der Waals surface area contributed by atoms with E-state index in [0.717, 1.165) is 12.0 Å². The first kappa shape index (κ1) is 10.4. The van der Waals surface area contributed by atoms with Gasteiger partial charge in [-0.25, -0.2) is 0 Å². The fourth-order valence-corrected chi connectivity index (χ4v) is 2.34. The smallest absolute Gasteiger partial charge is 0.0625 e. The van der Waals surface area contributed by atoms with E-state index in [-0.39, 0.29) is 0 Å². The highest BCUT2D eigenvalue weighted by Crippen LogP contribution is 2.30. The summed E-state index contributed by atoms with van der Waals surface area (Å²) < 4.78 is 0. The van der Waals surface area contributed by atoms with Crippen molar-refractivity contribution in [3.63, 3.8) is 0 Å². The third kappa shape index (κ3) is 2.40. The normalized spacial score (nSPS) is 10.6. The van der Waals surface area contributed by atoms with Crippen molar-refractivity contribution in [2.75, 3.05) is 0 Å².